The van der Waals surface area contributed by atoms with Crippen LogP contribution in [0.3, 0.4) is 0 Å². The summed E-state index contributed by atoms with van der Waals surface area (Å²) >= 11 is 11.7. The second-order valence-corrected chi connectivity index (χ2v) is 6.22. The van der Waals surface area contributed by atoms with Crippen LogP contribution < -0.4 is 15.4 Å². The van der Waals surface area contributed by atoms with E-state index in [0.29, 0.717) is 38.5 Å². The largest absolute Gasteiger partial charge is 0.496 e. The number of amides is 2. The predicted molar refractivity (Wildman–Crippen MR) is 102 cm³/mol. The van der Waals surface area contributed by atoms with Crippen LogP contribution in [0.15, 0.2) is 53.4 Å². The highest BCUT2D eigenvalue weighted by atomic mass is 35.5. The molecule has 0 aliphatic carbocycles. The molecule has 1 aromatic heterocycles. The molecule has 2 aromatic carbocycles. The lowest BCUT2D eigenvalue weighted by Crippen LogP contribution is -2.29. The van der Waals surface area contributed by atoms with Gasteiger partial charge in [-0.3, -0.25) is 9.59 Å². The Kier molecular flexibility index (Phi) is 5.63. The molecule has 0 radical (unpaired) electrons. The SMILES string of the molecule is COc1cc(NC(=O)C(=O)Nc2cc(Cl)cc(Cl)c2)ccc1-c1cnco1. The minimum absolute atomic E-state index is 0.311. The summed E-state index contributed by atoms with van der Waals surface area (Å²) in [6, 6.07) is 9.34. The Morgan fingerprint density at radius 3 is 2.26 bits per heavy atom. The third-order valence-electron chi connectivity index (χ3n) is 3.48. The van der Waals surface area contributed by atoms with Crippen LogP contribution in [0.2, 0.25) is 10.0 Å². The number of hydrogen-bond acceptors (Lipinski definition) is 5. The van der Waals surface area contributed by atoms with Crippen molar-refractivity contribution in [1.82, 2.24) is 4.98 Å². The molecule has 1 heterocycles. The molecule has 7 nitrogen and oxygen atoms in total. The van der Waals surface area contributed by atoms with Crippen molar-refractivity contribution >= 4 is 46.4 Å². The molecule has 0 atom stereocenters. The van der Waals surface area contributed by atoms with Crippen molar-refractivity contribution in [1.29, 1.82) is 0 Å². The van der Waals surface area contributed by atoms with Crippen LogP contribution in [0.5, 0.6) is 5.75 Å². The molecule has 0 spiro atoms. The first-order valence-corrected chi connectivity index (χ1v) is 8.37. The van der Waals surface area contributed by atoms with Gasteiger partial charge in [0, 0.05) is 27.5 Å². The fraction of sp³-hybridized carbons (Fsp3) is 0.0556. The van der Waals surface area contributed by atoms with Gasteiger partial charge in [-0.2, -0.15) is 0 Å². The zero-order valence-electron chi connectivity index (χ0n) is 14.0. The van der Waals surface area contributed by atoms with E-state index in [1.165, 1.54) is 31.7 Å². The molecule has 2 amide bonds. The van der Waals surface area contributed by atoms with Crippen LogP contribution in [-0.2, 0) is 9.59 Å². The van der Waals surface area contributed by atoms with Crippen molar-refractivity contribution in [3.63, 3.8) is 0 Å². The maximum Gasteiger partial charge on any atom is 0.314 e. The highest BCUT2D eigenvalue weighted by Crippen LogP contribution is 2.32. The number of hydrogen-bond donors (Lipinski definition) is 2. The average Bonchev–Trinajstić information content (AvgIpc) is 3.15. The zero-order valence-corrected chi connectivity index (χ0v) is 15.5. The number of anilines is 2. The number of carbonyl (C=O) groups is 2. The molecule has 3 rings (SSSR count). The van der Waals surface area contributed by atoms with Gasteiger partial charge in [-0.1, -0.05) is 23.2 Å². The lowest BCUT2D eigenvalue weighted by molar-refractivity contribution is -0.132. The van der Waals surface area contributed by atoms with E-state index in [1.54, 1.807) is 24.4 Å². The first-order valence-electron chi connectivity index (χ1n) is 7.61. The number of rotatable bonds is 4. The number of carbonyl (C=O) groups excluding carboxylic acids is 2. The summed E-state index contributed by atoms with van der Waals surface area (Å²) in [7, 11) is 1.48. The van der Waals surface area contributed by atoms with Crippen LogP contribution in [0.25, 0.3) is 11.3 Å². The van der Waals surface area contributed by atoms with Crippen molar-refractivity contribution in [2.24, 2.45) is 0 Å². The zero-order chi connectivity index (χ0) is 19.4. The molecule has 0 aliphatic rings. The smallest absolute Gasteiger partial charge is 0.314 e. The monoisotopic (exact) mass is 405 g/mol. The fourth-order valence-electron chi connectivity index (χ4n) is 2.32. The number of oxazole rings is 1. The number of benzene rings is 2. The molecule has 3 aromatic rings. The van der Waals surface area contributed by atoms with Gasteiger partial charge < -0.3 is 19.8 Å². The van der Waals surface area contributed by atoms with Crippen molar-refractivity contribution in [3.05, 3.63) is 59.0 Å². The molecular weight excluding hydrogens is 393 g/mol. The summed E-state index contributed by atoms with van der Waals surface area (Å²) < 4.78 is 10.5. The molecular formula is C18H13Cl2N3O4. The van der Waals surface area contributed by atoms with E-state index in [1.807, 2.05) is 0 Å². The van der Waals surface area contributed by atoms with Crippen LogP contribution in [0, 0.1) is 0 Å². The lowest BCUT2D eigenvalue weighted by Gasteiger charge is -2.10. The Morgan fingerprint density at radius 2 is 1.67 bits per heavy atom. The second-order valence-electron chi connectivity index (χ2n) is 5.35. The van der Waals surface area contributed by atoms with E-state index in [2.05, 4.69) is 15.6 Å². The predicted octanol–water partition coefficient (Wildman–Crippen LogP) is 4.23. The molecule has 2 N–H and O–H groups in total. The van der Waals surface area contributed by atoms with Crippen LogP contribution in [0.4, 0.5) is 11.4 Å². The summed E-state index contributed by atoms with van der Waals surface area (Å²) in [5, 5.41) is 5.60. The quantitative estimate of drug-likeness (QED) is 0.633. The second kappa shape index (κ2) is 8.11. The molecule has 0 bridgehead atoms. The number of aromatic nitrogens is 1. The van der Waals surface area contributed by atoms with Crippen molar-refractivity contribution in [3.8, 4) is 17.1 Å². The maximum atomic E-state index is 12.1. The first kappa shape index (κ1) is 18.8. The van der Waals surface area contributed by atoms with Crippen LogP contribution in [-0.4, -0.2) is 23.9 Å². The maximum absolute atomic E-state index is 12.1. The van der Waals surface area contributed by atoms with E-state index in [4.69, 9.17) is 32.4 Å². The Morgan fingerprint density at radius 1 is 1.00 bits per heavy atom. The van der Waals surface area contributed by atoms with Crippen molar-refractivity contribution in [2.75, 3.05) is 17.7 Å². The topological polar surface area (TPSA) is 93.5 Å². The van der Waals surface area contributed by atoms with E-state index in [-0.39, 0.29) is 0 Å². The standard InChI is InChI=1S/C18H13Cl2N3O4/c1-26-15-7-12(2-3-14(15)16-8-21-9-27-16)22-17(24)18(25)23-13-5-10(19)4-11(20)6-13/h2-9H,1H3,(H,22,24)(H,23,25). The minimum atomic E-state index is -0.869. The third kappa shape index (κ3) is 4.58. The van der Waals surface area contributed by atoms with E-state index < -0.39 is 11.8 Å². The molecule has 0 fully saturated rings. The van der Waals surface area contributed by atoms with Gasteiger partial charge in [-0.15, -0.1) is 0 Å². The Bertz CT molecular complexity index is 970. The van der Waals surface area contributed by atoms with Crippen LogP contribution in [0.1, 0.15) is 0 Å². The van der Waals surface area contributed by atoms with Gasteiger partial charge in [0.1, 0.15) is 5.75 Å². The van der Waals surface area contributed by atoms with E-state index in [0.717, 1.165) is 0 Å². The highest BCUT2D eigenvalue weighted by Gasteiger charge is 2.16. The summed E-state index contributed by atoms with van der Waals surface area (Å²) in [5.74, 6) is -0.765. The number of halogens is 2. The van der Waals surface area contributed by atoms with Gasteiger partial charge in [-0.25, -0.2) is 4.98 Å². The van der Waals surface area contributed by atoms with Crippen molar-refractivity contribution < 1.29 is 18.7 Å². The summed E-state index contributed by atoms with van der Waals surface area (Å²) in [6.45, 7) is 0. The molecule has 138 valence electrons. The van der Waals surface area contributed by atoms with Gasteiger partial charge in [0.25, 0.3) is 0 Å². The van der Waals surface area contributed by atoms with E-state index >= 15 is 0 Å². The number of nitrogens with one attached hydrogen (secondary N) is 2. The van der Waals surface area contributed by atoms with Crippen LogP contribution >= 0.6 is 23.2 Å². The minimum Gasteiger partial charge on any atom is -0.496 e. The molecule has 0 saturated carbocycles. The van der Waals surface area contributed by atoms with E-state index in [9.17, 15) is 9.59 Å². The normalized spacial score (nSPS) is 10.3. The number of nitrogens with zero attached hydrogens (tertiary/aromatic N) is 1. The third-order valence-corrected chi connectivity index (χ3v) is 3.92. The van der Waals surface area contributed by atoms with Gasteiger partial charge in [0.2, 0.25) is 0 Å². The number of ether oxygens (including phenoxy) is 1. The van der Waals surface area contributed by atoms with Crippen molar-refractivity contribution in [2.45, 2.75) is 0 Å². The average molecular weight is 406 g/mol. The summed E-state index contributed by atoms with van der Waals surface area (Å²) in [4.78, 5) is 28.1. The molecule has 0 saturated heterocycles. The van der Waals surface area contributed by atoms with Gasteiger partial charge >= 0.3 is 11.8 Å². The molecule has 0 aliphatic heterocycles. The van der Waals surface area contributed by atoms with Gasteiger partial charge in [0.05, 0.1) is 18.9 Å². The lowest BCUT2D eigenvalue weighted by atomic mass is 10.1. The van der Waals surface area contributed by atoms with Gasteiger partial charge in [0.15, 0.2) is 12.2 Å². The summed E-state index contributed by atoms with van der Waals surface area (Å²) in [6.07, 6.45) is 2.84. The molecule has 9 heteroatoms. The first-order chi connectivity index (χ1) is 13.0. The molecule has 27 heavy (non-hydrogen) atoms. The highest BCUT2D eigenvalue weighted by molar-refractivity contribution is 6.44. The summed E-state index contributed by atoms with van der Waals surface area (Å²) in [5.41, 5.74) is 1.34. The Labute approximate surface area is 164 Å². The number of methoxy groups -OCH3 is 1. The fourth-order valence-corrected chi connectivity index (χ4v) is 2.85. The Balaban J connectivity index is 1.72. The van der Waals surface area contributed by atoms with Gasteiger partial charge in [-0.05, 0) is 30.3 Å². The molecule has 0 unspecified atom stereocenters. The Hall–Kier alpha value is -3.03.